The van der Waals surface area contributed by atoms with Gasteiger partial charge in [0.25, 0.3) is 0 Å². The largest absolute Gasteiger partial charge is 0.325 e. The molecule has 0 bridgehead atoms. The second-order valence-electron chi connectivity index (χ2n) is 5.20. The fraction of sp³-hybridized carbons (Fsp3) is 0.188. The van der Waals surface area contributed by atoms with E-state index in [1.807, 2.05) is 30.3 Å². The Morgan fingerprint density at radius 2 is 2.14 bits per heavy atom. The number of rotatable bonds is 3. The van der Waals surface area contributed by atoms with E-state index in [1.165, 1.54) is 0 Å². The Hall–Kier alpha value is -1.36. The van der Waals surface area contributed by atoms with Crippen LogP contribution >= 0.6 is 27.5 Å². The quantitative estimate of drug-likeness (QED) is 0.868. The number of anilines is 1. The summed E-state index contributed by atoms with van der Waals surface area (Å²) in [5, 5.41) is 3.39. The van der Waals surface area contributed by atoms with E-state index in [9.17, 15) is 4.79 Å². The average molecular weight is 366 g/mol. The van der Waals surface area contributed by atoms with Crippen LogP contribution in [0, 0.1) is 0 Å². The standard InChI is InChI=1S/C16H14BrClN2O/c17-11-3-1-2-9(4-11)5-14(19)12-6-10-7-16(21)20-15(10)8-13(12)18/h1-4,6,8,14H,5,7,19H2,(H,20,21). The van der Waals surface area contributed by atoms with Gasteiger partial charge >= 0.3 is 0 Å². The zero-order valence-electron chi connectivity index (χ0n) is 11.2. The molecule has 108 valence electrons. The minimum Gasteiger partial charge on any atom is -0.325 e. The minimum atomic E-state index is -0.201. The number of carbonyl (C=O) groups excluding carboxylic acids is 1. The van der Waals surface area contributed by atoms with Gasteiger partial charge in [-0.25, -0.2) is 0 Å². The Morgan fingerprint density at radius 3 is 2.90 bits per heavy atom. The lowest BCUT2D eigenvalue weighted by Crippen LogP contribution is -2.14. The maximum atomic E-state index is 11.4. The number of fused-ring (bicyclic) bond motifs is 1. The van der Waals surface area contributed by atoms with Crippen LogP contribution < -0.4 is 11.1 Å². The average Bonchev–Trinajstić information content (AvgIpc) is 2.76. The first-order valence-electron chi connectivity index (χ1n) is 6.65. The van der Waals surface area contributed by atoms with Gasteiger partial charge in [-0.15, -0.1) is 0 Å². The third-order valence-corrected chi connectivity index (χ3v) is 4.41. The van der Waals surface area contributed by atoms with Crippen LogP contribution in [0.25, 0.3) is 0 Å². The van der Waals surface area contributed by atoms with Gasteiger partial charge in [0.15, 0.2) is 0 Å². The van der Waals surface area contributed by atoms with Crippen LogP contribution in [-0.2, 0) is 17.6 Å². The molecule has 5 heteroatoms. The molecule has 1 aliphatic rings. The molecular formula is C16H14BrClN2O. The lowest BCUT2D eigenvalue weighted by atomic mass is 9.97. The van der Waals surface area contributed by atoms with Crippen molar-refractivity contribution in [2.45, 2.75) is 18.9 Å². The molecule has 0 saturated heterocycles. The number of benzene rings is 2. The Bertz CT molecular complexity index is 717. The van der Waals surface area contributed by atoms with Crippen LogP contribution in [0.1, 0.15) is 22.7 Å². The summed E-state index contributed by atoms with van der Waals surface area (Å²) in [6.07, 6.45) is 1.09. The number of carbonyl (C=O) groups is 1. The van der Waals surface area contributed by atoms with Crippen LogP contribution in [0.2, 0.25) is 5.02 Å². The van der Waals surface area contributed by atoms with Crippen molar-refractivity contribution in [3.8, 4) is 0 Å². The number of hydrogen-bond donors (Lipinski definition) is 2. The van der Waals surface area contributed by atoms with E-state index in [0.717, 1.165) is 26.9 Å². The van der Waals surface area contributed by atoms with E-state index >= 15 is 0 Å². The van der Waals surface area contributed by atoms with Crippen LogP contribution in [-0.4, -0.2) is 5.91 Å². The Labute approximate surface area is 136 Å². The van der Waals surface area contributed by atoms with E-state index in [1.54, 1.807) is 6.07 Å². The van der Waals surface area contributed by atoms with Gasteiger partial charge in [0.1, 0.15) is 0 Å². The molecule has 1 unspecified atom stereocenters. The van der Waals surface area contributed by atoms with Crippen molar-refractivity contribution in [1.29, 1.82) is 0 Å². The number of halogens is 2. The molecule has 2 aromatic rings. The number of amides is 1. The molecule has 0 radical (unpaired) electrons. The van der Waals surface area contributed by atoms with E-state index in [4.69, 9.17) is 17.3 Å². The zero-order chi connectivity index (χ0) is 15.0. The number of nitrogens with one attached hydrogen (secondary N) is 1. The number of nitrogens with two attached hydrogens (primary N) is 1. The summed E-state index contributed by atoms with van der Waals surface area (Å²) in [5.41, 5.74) is 10.1. The summed E-state index contributed by atoms with van der Waals surface area (Å²) in [6.45, 7) is 0. The molecular weight excluding hydrogens is 352 g/mol. The zero-order valence-corrected chi connectivity index (χ0v) is 13.5. The molecule has 3 N–H and O–H groups in total. The van der Waals surface area contributed by atoms with Gasteiger partial charge in [0, 0.05) is 21.2 Å². The van der Waals surface area contributed by atoms with Crippen LogP contribution in [0.15, 0.2) is 40.9 Å². The fourth-order valence-electron chi connectivity index (χ4n) is 2.58. The van der Waals surface area contributed by atoms with Gasteiger partial charge < -0.3 is 11.1 Å². The normalized spacial score (nSPS) is 14.7. The Morgan fingerprint density at radius 1 is 1.33 bits per heavy atom. The van der Waals surface area contributed by atoms with E-state index < -0.39 is 0 Å². The molecule has 0 aromatic heterocycles. The van der Waals surface area contributed by atoms with Crippen molar-refractivity contribution in [2.24, 2.45) is 5.73 Å². The maximum absolute atomic E-state index is 11.4. The van der Waals surface area contributed by atoms with Gasteiger partial charge in [0.2, 0.25) is 5.91 Å². The lowest BCUT2D eigenvalue weighted by Gasteiger charge is -2.15. The van der Waals surface area contributed by atoms with Gasteiger partial charge in [0.05, 0.1) is 6.42 Å². The third kappa shape index (κ3) is 3.12. The molecule has 21 heavy (non-hydrogen) atoms. The highest BCUT2D eigenvalue weighted by atomic mass is 79.9. The molecule has 1 amide bonds. The molecule has 0 spiro atoms. The summed E-state index contributed by atoms with van der Waals surface area (Å²) >= 11 is 9.76. The lowest BCUT2D eigenvalue weighted by molar-refractivity contribution is -0.115. The van der Waals surface area contributed by atoms with Crippen molar-refractivity contribution >= 4 is 39.1 Å². The maximum Gasteiger partial charge on any atom is 0.228 e. The first kappa shape index (κ1) is 14.6. The third-order valence-electron chi connectivity index (χ3n) is 3.59. The SMILES string of the molecule is NC(Cc1cccc(Br)c1)c1cc2c(cc1Cl)NC(=O)C2. The molecule has 0 fully saturated rings. The monoisotopic (exact) mass is 364 g/mol. The van der Waals surface area contributed by atoms with E-state index in [2.05, 4.69) is 21.2 Å². The summed E-state index contributed by atoms with van der Waals surface area (Å²) in [5.74, 6) is -0.00113. The van der Waals surface area contributed by atoms with Crippen LogP contribution in [0.4, 0.5) is 5.69 Å². The highest BCUT2D eigenvalue weighted by Gasteiger charge is 2.21. The Kier molecular flexibility index (Phi) is 4.02. The molecule has 1 aliphatic heterocycles. The first-order chi connectivity index (χ1) is 10.0. The second-order valence-corrected chi connectivity index (χ2v) is 6.52. The summed E-state index contributed by atoms with van der Waals surface area (Å²) in [7, 11) is 0. The first-order valence-corrected chi connectivity index (χ1v) is 7.82. The predicted octanol–water partition coefficient (Wildman–Crippen LogP) is 3.84. The van der Waals surface area contributed by atoms with Gasteiger partial charge in [-0.2, -0.15) is 0 Å². The molecule has 3 rings (SSSR count). The summed E-state index contributed by atoms with van der Waals surface area (Å²) in [6, 6.07) is 11.6. The highest BCUT2D eigenvalue weighted by molar-refractivity contribution is 9.10. The van der Waals surface area contributed by atoms with Crippen molar-refractivity contribution in [1.82, 2.24) is 0 Å². The van der Waals surface area contributed by atoms with Crippen molar-refractivity contribution < 1.29 is 4.79 Å². The predicted molar refractivity (Wildman–Crippen MR) is 88.6 cm³/mol. The van der Waals surface area contributed by atoms with Gasteiger partial charge in [-0.3, -0.25) is 4.79 Å². The number of hydrogen-bond acceptors (Lipinski definition) is 2. The molecule has 3 nitrogen and oxygen atoms in total. The van der Waals surface area contributed by atoms with E-state index in [0.29, 0.717) is 17.9 Å². The van der Waals surface area contributed by atoms with Crippen molar-refractivity contribution in [3.63, 3.8) is 0 Å². The second kappa shape index (κ2) is 5.79. The highest BCUT2D eigenvalue weighted by Crippen LogP contribution is 2.33. The van der Waals surface area contributed by atoms with Crippen LogP contribution in [0.3, 0.4) is 0 Å². The molecule has 2 aromatic carbocycles. The summed E-state index contributed by atoms with van der Waals surface area (Å²) in [4.78, 5) is 11.4. The smallest absolute Gasteiger partial charge is 0.228 e. The fourth-order valence-corrected chi connectivity index (χ4v) is 3.33. The molecule has 0 aliphatic carbocycles. The molecule has 0 saturated carbocycles. The van der Waals surface area contributed by atoms with Gasteiger partial charge in [-0.1, -0.05) is 45.7 Å². The molecule has 1 heterocycles. The molecule has 1 atom stereocenters. The topological polar surface area (TPSA) is 55.1 Å². The van der Waals surface area contributed by atoms with Gasteiger partial charge in [-0.05, 0) is 41.3 Å². The van der Waals surface area contributed by atoms with Crippen molar-refractivity contribution in [2.75, 3.05) is 5.32 Å². The van der Waals surface area contributed by atoms with Crippen LogP contribution in [0.5, 0.6) is 0 Å². The van der Waals surface area contributed by atoms with Crippen molar-refractivity contribution in [3.05, 3.63) is 62.6 Å². The Balaban J connectivity index is 1.87. The van der Waals surface area contributed by atoms with E-state index in [-0.39, 0.29) is 11.9 Å². The summed E-state index contributed by atoms with van der Waals surface area (Å²) < 4.78 is 1.03. The minimum absolute atomic E-state index is 0.00113.